The van der Waals surface area contributed by atoms with E-state index in [1.54, 1.807) is 30.3 Å². The number of halogens is 1. The molecule has 2 aromatic rings. The standard InChI is InChI=1S/C24H25FN2O5/c1-3-26(4-2)11-12-27-21(16-7-5-6-8-17(16)25)20(23(29)24(27)30)22(28)15-9-10-18-19(13-15)32-14-31-18/h5-10,13,21,28H,3-4,11-12,14H2,1-2H3. The molecule has 1 unspecified atom stereocenters. The molecule has 2 aromatic carbocycles. The van der Waals surface area contributed by atoms with E-state index in [0.29, 0.717) is 18.0 Å². The van der Waals surface area contributed by atoms with Crippen LogP contribution in [0.4, 0.5) is 4.39 Å². The molecule has 32 heavy (non-hydrogen) atoms. The van der Waals surface area contributed by atoms with Crippen LogP contribution in [0.2, 0.25) is 0 Å². The Morgan fingerprint density at radius 2 is 1.84 bits per heavy atom. The maximum atomic E-state index is 14.8. The van der Waals surface area contributed by atoms with Gasteiger partial charge >= 0.3 is 0 Å². The number of carbonyl (C=O) groups is 2. The summed E-state index contributed by atoms with van der Waals surface area (Å²) in [6, 6.07) is 9.69. The molecule has 0 radical (unpaired) electrons. The molecule has 168 valence electrons. The van der Waals surface area contributed by atoms with E-state index < -0.39 is 23.5 Å². The molecule has 0 bridgehead atoms. The van der Waals surface area contributed by atoms with Crippen LogP contribution < -0.4 is 9.47 Å². The fraction of sp³-hybridized carbons (Fsp3) is 0.333. The minimum atomic E-state index is -1.03. The molecule has 2 aliphatic heterocycles. The molecule has 1 atom stereocenters. The van der Waals surface area contributed by atoms with Gasteiger partial charge in [0.15, 0.2) is 11.5 Å². The van der Waals surface area contributed by atoms with Crippen molar-refractivity contribution in [2.24, 2.45) is 0 Å². The highest BCUT2D eigenvalue weighted by Crippen LogP contribution is 2.41. The Labute approximate surface area is 185 Å². The number of likely N-dealkylation sites (tertiary alicyclic amines) is 1. The zero-order chi connectivity index (χ0) is 22.8. The number of likely N-dealkylation sites (N-methyl/N-ethyl adjacent to an activating group) is 1. The van der Waals surface area contributed by atoms with Gasteiger partial charge < -0.3 is 24.4 Å². The van der Waals surface area contributed by atoms with Gasteiger partial charge in [0, 0.05) is 24.2 Å². The zero-order valence-electron chi connectivity index (χ0n) is 18.0. The number of ketones is 1. The highest BCUT2D eigenvalue weighted by molar-refractivity contribution is 6.46. The van der Waals surface area contributed by atoms with Crippen LogP contribution >= 0.6 is 0 Å². The molecule has 2 heterocycles. The van der Waals surface area contributed by atoms with Crippen LogP contribution in [0.3, 0.4) is 0 Å². The van der Waals surface area contributed by atoms with Crippen molar-refractivity contribution in [2.45, 2.75) is 19.9 Å². The number of rotatable bonds is 7. The Balaban J connectivity index is 1.80. The first kappa shape index (κ1) is 21.8. The smallest absolute Gasteiger partial charge is 0.295 e. The molecular weight excluding hydrogens is 415 g/mol. The lowest BCUT2D eigenvalue weighted by Gasteiger charge is -2.28. The Bertz CT molecular complexity index is 1080. The van der Waals surface area contributed by atoms with E-state index in [4.69, 9.17) is 9.47 Å². The summed E-state index contributed by atoms with van der Waals surface area (Å²) >= 11 is 0. The van der Waals surface area contributed by atoms with Gasteiger partial charge in [-0.15, -0.1) is 0 Å². The predicted octanol–water partition coefficient (Wildman–Crippen LogP) is 3.32. The molecule has 0 aliphatic carbocycles. The van der Waals surface area contributed by atoms with Crippen LogP contribution in [0.15, 0.2) is 48.0 Å². The first-order chi connectivity index (χ1) is 15.5. The van der Waals surface area contributed by atoms with Crippen molar-refractivity contribution < 1.29 is 28.6 Å². The van der Waals surface area contributed by atoms with Gasteiger partial charge in [-0.05, 0) is 37.4 Å². The van der Waals surface area contributed by atoms with Crippen LogP contribution in [0.1, 0.15) is 31.0 Å². The van der Waals surface area contributed by atoms with E-state index in [9.17, 15) is 19.1 Å². The Hall–Kier alpha value is -3.39. The number of ether oxygens (including phenoxy) is 2. The molecule has 0 aromatic heterocycles. The number of carbonyl (C=O) groups excluding carboxylic acids is 2. The summed E-state index contributed by atoms with van der Waals surface area (Å²) in [5.41, 5.74) is 0.310. The molecule has 1 amide bonds. The molecule has 0 spiro atoms. The Kier molecular flexibility index (Phi) is 6.14. The lowest BCUT2D eigenvalue weighted by Crippen LogP contribution is -2.38. The average Bonchev–Trinajstić information content (AvgIpc) is 3.37. The summed E-state index contributed by atoms with van der Waals surface area (Å²) in [5, 5.41) is 11.1. The van der Waals surface area contributed by atoms with Crippen LogP contribution in [0.25, 0.3) is 5.76 Å². The van der Waals surface area contributed by atoms with E-state index in [0.717, 1.165) is 13.1 Å². The van der Waals surface area contributed by atoms with Crippen LogP contribution in [0.5, 0.6) is 11.5 Å². The van der Waals surface area contributed by atoms with Gasteiger partial charge in [0.05, 0.1) is 11.6 Å². The second kappa shape index (κ2) is 9.00. The van der Waals surface area contributed by atoms with Gasteiger partial charge in [0.2, 0.25) is 6.79 Å². The van der Waals surface area contributed by atoms with Crippen molar-refractivity contribution in [1.82, 2.24) is 9.80 Å². The van der Waals surface area contributed by atoms with Gasteiger partial charge in [0.1, 0.15) is 11.6 Å². The maximum Gasteiger partial charge on any atom is 0.295 e. The first-order valence-corrected chi connectivity index (χ1v) is 10.6. The monoisotopic (exact) mass is 440 g/mol. The number of Topliss-reactive ketones (excluding diaryl/α,β-unsaturated/α-hetero) is 1. The van der Waals surface area contributed by atoms with Crippen molar-refractivity contribution in [1.29, 1.82) is 0 Å². The molecule has 7 nitrogen and oxygen atoms in total. The maximum absolute atomic E-state index is 14.8. The summed E-state index contributed by atoms with van der Waals surface area (Å²) in [4.78, 5) is 29.5. The lowest BCUT2D eigenvalue weighted by molar-refractivity contribution is -0.140. The average molecular weight is 440 g/mol. The van der Waals surface area contributed by atoms with E-state index in [2.05, 4.69) is 4.90 Å². The van der Waals surface area contributed by atoms with E-state index in [1.807, 2.05) is 13.8 Å². The lowest BCUT2D eigenvalue weighted by atomic mass is 9.95. The van der Waals surface area contributed by atoms with Gasteiger partial charge in [-0.3, -0.25) is 9.59 Å². The van der Waals surface area contributed by atoms with Crippen molar-refractivity contribution in [2.75, 3.05) is 33.0 Å². The second-order valence-electron chi connectivity index (χ2n) is 7.61. The topological polar surface area (TPSA) is 79.3 Å². The molecule has 8 heteroatoms. The fourth-order valence-electron chi connectivity index (χ4n) is 4.12. The summed E-state index contributed by atoms with van der Waals surface area (Å²) in [6.07, 6.45) is 0. The highest BCUT2D eigenvalue weighted by atomic mass is 19.1. The van der Waals surface area contributed by atoms with Gasteiger partial charge in [-0.2, -0.15) is 0 Å². The molecular formula is C24H25FN2O5. The second-order valence-corrected chi connectivity index (χ2v) is 7.61. The quantitative estimate of drug-likeness (QED) is 0.404. The van der Waals surface area contributed by atoms with E-state index >= 15 is 0 Å². The summed E-state index contributed by atoms with van der Waals surface area (Å²) in [7, 11) is 0. The third kappa shape index (κ3) is 3.82. The number of hydrogen-bond donors (Lipinski definition) is 1. The van der Waals surface area contributed by atoms with Crippen molar-refractivity contribution in [3.63, 3.8) is 0 Å². The molecule has 1 saturated heterocycles. The van der Waals surface area contributed by atoms with Crippen LogP contribution in [-0.4, -0.2) is 59.6 Å². The molecule has 0 saturated carbocycles. The van der Waals surface area contributed by atoms with Gasteiger partial charge in [-0.1, -0.05) is 32.0 Å². The Morgan fingerprint density at radius 1 is 1.12 bits per heavy atom. The fourth-order valence-corrected chi connectivity index (χ4v) is 4.12. The van der Waals surface area contributed by atoms with Crippen LogP contribution in [0, 0.1) is 5.82 Å². The van der Waals surface area contributed by atoms with Crippen molar-refractivity contribution in [3.8, 4) is 11.5 Å². The number of aliphatic hydroxyl groups excluding tert-OH is 1. The SMILES string of the molecule is CCN(CC)CCN1C(=O)C(=O)C(=C(O)c2ccc3c(c2)OCO3)C1c1ccccc1F. The van der Waals surface area contributed by atoms with Crippen LogP contribution in [-0.2, 0) is 9.59 Å². The summed E-state index contributed by atoms with van der Waals surface area (Å²) in [5.74, 6) is -1.58. The van der Waals surface area contributed by atoms with E-state index in [-0.39, 0.29) is 35.8 Å². The molecule has 1 fully saturated rings. The van der Waals surface area contributed by atoms with Gasteiger partial charge in [-0.25, -0.2) is 4.39 Å². The highest BCUT2D eigenvalue weighted by Gasteiger charge is 2.46. The third-order valence-electron chi connectivity index (χ3n) is 5.94. The molecule has 4 rings (SSSR count). The summed E-state index contributed by atoms with van der Waals surface area (Å²) < 4.78 is 25.5. The number of fused-ring (bicyclic) bond motifs is 1. The number of nitrogens with zero attached hydrogens (tertiary/aromatic N) is 2. The number of benzene rings is 2. The Morgan fingerprint density at radius 3 is 2.56 bits per heavy atom. The van der Waals surface area contributed by atoms with E-state index in [1.165, 1.54) is 17.0 Å². The minimum Gasteiger partial charge on any atom is -0.507 e. The normalized spacial score (nSPS) is 19.2. The van der Waals surface area contributed by atoms with Crippen molar-refractivity contribution in [3.05, 3.63) is 65.0 Å². The minimum absolute atomic E-state index is 0.0600. The zero-order valence-corrected chi connectivity index (χ0v) is 18.0. The number of hydrogen-bond acceptors (Lipinski definition) is 6. The number of amides is 1. The number of aliphatic hydroxyl groups is 1. The first-order valence-electron chi connectivity index (χ1n) is 10.6. The van der Waals surface area contributed by atoms with Crippen molar-refractivity contribution >= 4 is 17.4 Å². The molecule has 1 N–H and O–H groups in total. The predicted molar refractivity (Wildman–Crippen MR) is 116 cm³/mol. The largest absolute Gasteiger partial charge is 0.507 e. The van der Waals surface area contributed by atoms with Gasteiger partial charge in [0.25, 0.3) is 11.7 Å². The summed E-state index contributed by atoms with van der Waals surface area (Å²) in [6.45, 7) is 6.38. The molecule has 2 aliphatic rings. The third-order valence-corrected chi connectivity index (χ3v) is 5.94.